The van der Waals surface area contributed by atoms with Gasteiger partial charge in [-0.15, -0.1) is 0 Å². The molecule has 2 nitrogen and oxygen atoms in total. The zero-order chi connectivity index (χ0) is 26.7. The van der Waals surface area contributed by atoms with E-state index in [9.17, 15) is 0 Å². The van der Waals surface area contributed by atoms with Crippen LogP contribution in [-0.4, -0.2) is 4.57 Å². The molecule has 218 valence electrons. The topological polar surface area (TPSA) is 8.81 Å². The van der Waals surface area contributed by atoms with Gasteiger partial charge in [0.15, 0.2) is 0 Å². The Kier molecular flexibility index (Phi) is 24.8. The normalized spacial score (nSPS) is 11.5. The number of imidazole rings is 1. The van der Waals surface area contributed by atoms with Gasteiger partial charge in [0.1, 0.15) is 12.4 Å². The standard InChI is InChI=1S/C35H69N2/c1-4-7-10-13-15-17-19-21-23-25-28-31-36-33-34-37(35(36)30-27-12-9-6-3)32-29-26-24-22-20-18-16-14-11-8-5-2/h33-34H,4-32H2,1-3H3/q+1. The van der Waals surface area contributed by atoms with Crippen LogP contribution in [0.15, 0.2) is 12.4 Å². The van der Waals surface area contributed by atoms with Crippen LogP contribution in [0.5, 0.6) is 0 Å². The van der Waals surface area contributed by atoms with E-state index in [0.29, 0.717) is 0 Å². The fraction of sp³-hybridized carbons (Fsp3) is 0.914. The molecule has 1 heterocycles. The maximum absolute atomic E-state index is 2.61. The number of unbranched alkanes of at least 4 members (excludes halogenated alkanes) is 23. The van der Waals surface area contributed by atoms with Crippen molar-refractivity contribution in [1.29, 1.82) is 0 Å². The van der Waals surface area contributed by atoms with Crippen LogP contribution in [0, 0.1) is 0 Å². The molecule has 0 spiro atoms. The highest BCUT2D eigenvalue weighted by atomic mass is 15.1. The SMILES string of the molecule is CCCCCCCCCCCCCn1cc[n+](CCCCCCCCCCCCC)c1CCCCCC. The van der Waals surface area contributed by atoms with Crippen molar-refractivity contribution in [2.24, 2.45) is 0 Å². The molecule has 0 aliphatic carbocycles. The Morgan fingerprint density at radius 3 is 1.30 bits per heavy atom. The molecule has 0 amide bonds. The lowest BCUT2D eigenvalue weighted by Gasteiger charge is -2.07. The van der Waals surface area contributed by atoms with Gasteiger partial charge in [-0.05, 0) is 32.1 Å². The van der Waals surface area contributed by atoms with Crippen LogP contribution < -0.4 is 4.57 Å². The molecule has 0 unspecified atom stereocenters. The highest BCUT2D eigenvalue weighted by Crippen LogP contribution is 2.14. The van der Waals surface area contributed by atoms with Crippen molar-refractivity contribution in [3.63, 3.8) is 0 Å². The second-order valence-electron chi connectivity index (χ2n) is 12.0. The lowest BCUT2D eigenvalue weighted by atomic mass is 10.1. The van der Waals surface area contributed by atoms with Gasteiger partial charge in [-0.25, -0.2) is 9.13 Å². The molecule has 0 N–H and O–H groups in total. The largest absolute Gasteiger partial charge is 0.256 e. The summed E-state index contributed by atoms with van der Waals surface area (Å²) in [4.78, 5) is 0. The number of aromatic nitrogens is 2. The van der Waals surface area contributed by atoms with E-state index < -0.39 is 0 Å². The maximum atomic E-state index is 2.61. The Hall–Kier alpha value is -0.790. The molecular weight excluding hydrogens is 448 g/mol. The third-order valence-electron chi connectivity index (χ3n) is 8.35. The van der Waals surface area contributed by atoms with Crippen molar-refractivity contribution < 1.29 is 4.57 Å². The Morgan fingerprint density at radius 1 is 0.459 bits per heavy atom. The summed E-state index contributed by atoms with van der Waals surface area (Å²) in [5, 5.41) is 0. The van der Waals surface area contributed by atoms with E-state index in [2.05, 4.69) is 42.3 Å². The molecule has 0 radical (unpaired) electrons. The van der Waals surface area contributed by atoms with Crippen molar-refractivity contribution in [3.05, 3.63) is 18.2 Å². The predicted octanol–water partition coefficient (Wildman–Crippen LogP) is 11.5. The van der Waals surface area contributed by atoms with Gasteiger partial charge in [-0.2, -0.15) is 0 Å². The minimum Gasteiger partial charge on any atom is -0.234 e. The molecule has 0 aromatic carbocycles. The molecule has 0 atom stereocenters. The first-order valence-electron chi connectivity index (χ1n) is 17.4. The first kappa shape index (κ1) is 34.2. The summed E-state index contributed by atoms with van der Waals surface area (Å²) in [5.41, 5.74) is 0. The third-order valence-corrected chi connectivity index (χ3v) is 8.35. The van der Waals surface area contributed by atoms with Crippen LogP contribution in [-0.2, 0) is 19.5 Å². The molecule has 0 aliphatic heterocycles. The van der Waals surface area contributed by atoms with Crippen LogP contribution in [0.1, 0.15) is 194 Å². The first-order valence-corrected chi connectivity index (χ1v) is 17.4. The molecule has 0 fully saturated rings. The molecule has 37 heavy (non-hydrogen) atoms. The average molecular weight is 518 g/mol. The number of hydrogen-bond acceptors (Lipinski definition) is 0. The zero-order valence-corrected chi connectivity index (χ0v) is 26.1. The summed E-state index contributed by atoms with van der Waals surface area (Å²) in [7, 11) is 0. The summed E-state index contributed by atoms with van der Waals surface area (Å²) in [6.07, 6.45) is 42.9. The lowest BCUT2D eigenvalue weighted by Crippen LogP contribution is -2.37. The molecule has 1 rings (SSSR count). The molecule has 0 saturated carbocycles. The first-order chi connectivity index (χ1) is 18.3. The minimum atomic E-state index is 1.23. The van der Waals surface area contributed by atoms with Crippen molar-refractivity contribution in [2.75, 3.05) is 0 Å². The molecule has 1 aromatic rings. The molecule has 0 bridgehead atoms. The van der Waals surface area contributed by atoms with Gasteiger partial charge in [-0.1, -0.05) is 156 Å². The summed E-state index contributed by atoms with van der Waals surface area (Å²) in [5.74, 6) is 1.61. The quantitative estimate of drug-likeness (QED) is 0.0737. The summed E-state index contributed by atoms with van der Waals surface area (Å²) >= 11 is 0. The third kappa shape index (κ3) is 19.9. The van der Waals surface area contributed by atoms with Gasteiger partial charge in [0, 0.05) is 6.42 Å². The van der Waals surface area contributed by atoms with Gasteiger partial charge in [0.2, 0.25) is 0 Å². The van der Waals surface area contributed by atoms with Gasteiger partial charge in [0.25, 0.3) is 5.82 Å². The molecular formula is C35H69N2+. The summed E-state index contributed by atoms with van der Waals surface area (Å²) in [6, 6.07) is 0. The molecule has 2 heteroatoms. The summed E-state index contributed by atoms with van der Waals surface area (Å²) < 4.78 is 5.22. The Morgan fingerprint density at radius 2 is 0.838 bits per heavy atom. The Bertz CT molecular complexity index is 532. The van der Waals surface area contributed by atoms with Crippen LogP contribution in [0.4, 0.5) is 0 Å². The van der Waals surface area contributed by atoms with Crippen molar-refractivity contribution in [2.45, 2.75) is 207 Å². The van der Waals surface area contributed by atoms with E-state index in [1.807, 2.05) is 0 Å². The highest BCUT2D eigenvalue weighted by molar-refractivity contribution is 4.84. The average Bonchev–Trinajstić information content (AvgIpc) is 3.29. The van der Waals surface area contributed by atoms with E-state index in [-0.39, 0.29) is 0 Å². The van der Waals surface area contributed by atoms with Gasteiger partial charge < -0.3 is 0 Å². The highest BCUT2D eigenvalue weighted by Gasteiger charge is 2.16. The van der Waals surface area contributed by atoms with Crippen molar-refractivity contribution in [1.82, 2.24) is 4.57 Å². The van der Waals surface area contributed by atoms with Crippen molar-refractivity contribution in [3.8, 4) is 0 Å². The van der Waals surface area contributed by atoms with E-state index >= 15 is 0 Å². The van der Waals surface area contributed by atoms with E-state index in [0.717, 1.165) is 0 Å². The fourth-order valence-electron chi connectivity index (χ4n) is 5.80. The zero-order valence-electron chi connectivity index (χ0n) is 26.1. The number of aryl methyl sites for hydroxylation is 2. The van der Waals surface area contributed by atoms with Crippen LogP contribution >= 0.6 is 0 Å². The summed E-state index contributed by atoms with van der Waals surface area (Å²) in [6.45, 7) is 9.39. The minimum absolute atomic E-state index is 1.23. The van der Waals surface area contributed by atoms with E-state index in [1.54, 1.807) is 5.82 Å². The monoisotopic (exact) mass is 518 g/mol. The number of nitrogens with zero attached hydrogens (tertiary/aromatic N) is 2. The Balaban J connectivity index is 2.23. The van der Waals surface area contributed by atoms with E-state index in [4.69, 9.17) is 0 Å². The van der Waals surface area contributed by atoms with Crippen LogP contribution in [0.2, 0.25) is 0 Å². The Labute approximate surface area is 234 Å². The van der Waals surface area contributed by atoms with Crippen LogP contribution in [0.3, 0.4) is 0 Å². The van der Waals surface area contributed by atoms with E-state index in [1.165, 1.54) is 186 Å². The molecule has 1 aromatic heterocycles. The fourth-order valence-corrected chi connectivity index (χ4v) is 5.80. The smallest absolute Gasteiger partial charge is 0.234 e. The van der Waals surface area contributed by atoms with Gasteiger partial charge >= 0.3 is 0 Å². The van der Waals surface area contributed by atoms with Gasteiger partial charge in [0.05, 0.1) is 13.1 Å². The number of hydrogen-bond donors (Lipinski definition) is 0. The lowest BCUT2D eigenvalue weighted by molar-refractivity contribution is -0.704. The second kappa shape index (κ2) is 26.8. The van der Waals surface area contributed by atoms with Gasteiger partial charge in [-0.3, -0.25) is 0 Å². The van der Waals surface area contributed by atoms with Crippen molar-refractivity contribution >= 4 is 0 Å². The maximum Gasteiger partial charge on any atom is 0.256 e. The molecule has 0 saturated heterocycles. The predicted molar refractivity (Wildman–Crippen MR) is 165 cm³/mol. The second-order valence-corrected chi connectivity index (χ2v) is 12.0. The van der Waals surface area contributed by atoms with Crippen LogP contribution in [0.25, 0.3) is 0 Å². The molecule has 0 aliphatic rings. The number of rotatable bonds is 29.